The Kier molecular flexibility index (Phi) is 5.77. The molecule has 0 aliphatic heterocycles. The van der Waals surface area contributed by atoms with E-state index in [9.17, 15) is 5.11 Å². The summed E-state index contributed by atoms with van der Waals surface area (Å²) in [6.45, 7) is 4.61. The summed E-state index contributed by atoms with van der Waals surface area (Å²) in [5, 5.41) is 11.6. The van der Waals surface area contributed by atoms with Crippen molar-refractivity contribution in [3.63, 3.8) is 0 Å². The first kappa shape index (κ1) is 16.1. The zero-order chi connectivity index (χ0) is 14.7. The second kappa shape index (κ2) is 7.15. The molecule has 2 rings (SSSR count). The molecule has 20 heavy (non-hydrogen) atoms. The predicted molar refractivity (Wildman–Crippen MR) is 86.5 cm³/mol. The van der Waals surface area contributed by atoms with Crippen LogP contribution >= 0.6 is 23.2 Å². The van der Waals surface area contributed by atoms with E-state index in [2.05, 4.69) is 13.8 Å². The maximum Gasteiger partial charge on any atom is 0.0608 e. The van der Waals surface area contributed by atoms with Gasteiger partial charge in [-0.25, -0.2) is 0 Å². The molecule has 1 fully saturated rings. The van der Waals surface area contributed by atoms with Crippen LogP contribution in [0.25, 0.3) is 0 Å². The molecule has 0 amide bonds. The summed E-state index contributed by atoms with van der Waals surface area (Å²) >= 11 is 11.9. The van der Waals surface area contributed by atoms with E-state index in [0.29, 0.717) is 22.4 Å². The highest BCUT2D eigenvalue weighted by Crippen LogP contribution is 2.35. The van der Waals surface area contributed by atoms with Gasteiger partial charge in [0, 0.05) is 0 Å². The average Bonchev–Trinajstić information content (AvgIpc) is 2.43. The molecule has 0 heterocycles. The van der Waals surface area contributed by atoms with Gasteiger partial charge in [0.2, 0.25) is 0 Å². The van der Waals surface area contributed by atoms with Crippen molar-refractivity contribution in [3.05, 3.63) is 33.8 Å². The molecule has 1 aliphatic carbocycles. The quantitative estimate of drug-likeness (QED) is 0.793. The smallest absolute Gasteiger partial charge is 0.0608 e. The highest BCUT2D eigenvalue weighted by molar-refractivity contribution is 6.42. The molecule has 1 aromatic carbocycles. The normalized spacial score (nSPS) is 24.9. The standard InChI is InChI=1S/C17H24Cl2O/c1-11(2)13-4-6-14(7-5-13)17(20)10-12-3-8-15(18)16(19)9-12/h3,8-9,11,13-14,17,20H,4-7,10H2,1-2H3. The van der Waals surface area contributed by atoms with Gasteiger partial charge in [0.25, 0.3) is 0 Å². The largest absolute Gasteiger partial charge is 0.392 e. The third kappa shape index (κ3) is 4.13. The van der Waals surface area contributed by atoms with Gasteiger partial charge in [0.15, 0.2) is 0 Å². The summed E-state index contributed by atoms with van der Waals surface area (Å²) in [5.74, 6) is 2.03. The van der Waals surface area contributed by atoms with Crippen LogP contribution in [0, 0.1) is 17.8 Å². The van der Waals surface area contributed by atoms with Crippen LogP contribution < -0.4 is 0 Å². The summed E-state index contributed by atoms with van der Waals surface area (Å²) in [5.41, 5.74) is 1.07. The highest BCUT2D eigenvalue weighted by Gasteiger charge is 2.27. The minimum atomic E-state index is -0.264. The lowest BCUT2D eigenvalue weighted by Gasteiger charge is -2.33. The van der Waals surface area contributed by atoms with Crippen molar-refractivity contribution in [1.82, 2.24) is 0 Å². The topological polar surface area (TPSA) is 20.2 Å². The molecule has 1 saturated carbocycles. The van der Waals surface area contributed by atoms with E-state index in [-0.39, 0.29) is 6.10 Å². The molecule has 0 bridgehead atoms. The summed E-state index contributed by atoms with van der Waals surface area (Å²) in [7, 11) is 0. The number of aliphatic hydroxyl groups excluding tert-OH is 1. The van der Waals surface area contributed by atoms with Crippen LogP contribution in [0.2, 0.25) is 10.0 Å². The number of benzene rings is 1. The molecule has 0 saturated heterocycles. The Labute approximate surface area is 132 Å². The molecule has 1 atom stereocenters. The predicted octanol–water partition coefficient (Wildman–Crippen LogP) is 5.36. The Balaban J connectivity index is 1.89. The van der Waals surface area contributed by atoms with Crippen LogP contribution in [-0.4, -0.2) is 11.2 Å². The molecule has 1 N–H and O–H groups in total. The van der Waals surface area contributed by atoms with E-state index in [4.69, 9.17) is 23.2 Å². The molecular formula is C17H24Cl2O. The molecule has 1 aromatic rings. The molecular weight excluding hydrogens is 291 g/mol. The first-order valence-electron chi connectivity index (χ1n) is 7.59. The van der Waals surface area contributed by atoms with E-state index in [0.717, 1.165) is 30.2 Å². The van der Waals surface area contributed by atoms with Gasteiger partial charge in [-0.05, 0) is 67.6 Å². The van der Waals surface area contributed by atoms with Crippen molar-refractivity contribution in [3.8, 4) is 0 Å². The Morgan fingerprint density at radius 3 is 2.20 bits per heavy atom. The van der Waals surface area contributed by atoms with Crippen LogP contribution in [0.3, 0.4) is 0 Å². The summed E-state index contributed by atoms with van der Waals surface area (Å²) in [6, 6.07) is 5.63. The fourth-order valence-corrected chi connectivity index (χ4v) is 3.59. The molecule has 3 heteroatoms. The van der Waals surface area contributed by atoms with Crippen molar-refractivity contribution in [2.45, 2.75) is 52.1 Å². The van der Waals surface area contributed by atoms with Gasteiger partial charge in [-0.3, -0.25) is 0 Å². The van der Waals surface area contributed by atoms with Crippen LogP contribution in [0.1, 0.15) is 45.1 Å². The lowest BCUT2D eigenvalue weighted by atomic mass is 9.74. The summed E-state index contributed by atoms with van der Waals surface area (Å²) < 4.78 is 0. The third-order valence-electron chi connectivity index (χ3n) is 4.73. The lowest BCUT2D eigenvalue weighted by Crippen LogP contribution is -2.28. The second-order valence-electron chi connectivity index (χ2n) is 6.44. The SMILES string of the molecule is CC(C)C1CCC(C(O)Cc2ccc(Cl)c(Cl)c2)CC1. The number of aliphatic hydroxyl groups is 1. The number of halogens is 2. The maximum absolute atomic E-state index is 10.4. The molecule has 0 aromatic heterocycles. The molecule has 1 nitrogen and oxygen atoms in total. The fraction of sp³-hybridized carbons (Fsp3) is 0.647. The van der Waals surface area contributed by atoms with Crippen molar-refractivity contribution in [2.75, 3.05) is 0 Å². The number of hydrogen-bond donors (Lipinski definition) is 1. The molecule has 1 aliphatic rings. The van der Waals surface area contributed by atoms with Gasteiger partial charge in [0.1, 0.15) is 0 Å². The fourth-order valence-electron chi connectivity index (χ4n) is 3.27. The van der Waals surface area contributed by atoms with E-state index in [1.165, 1.54) is 12.8 Å². The van der Waals surface area contributed by atoms with Gasteiger partial charge in [-0.15, -0.1) is 0 Å². The van der Waals surface area contributed by atoms with Crippen LogP contribution in [0.15, 0.2) is 18.2 Å². The minimum Gasteiger partial charge on any atom is -0.392 e. The van der Waals surface area contributed by atoms with Crippen LogP contribution in [0.5, 0.6) is 0 Å². The number of hydrogen-bond acceptors (Lipinski definition) is 1. The van der Waals surface area contributed by atoms with Crippen molar-refractivity contribution in [1.29, 1.82) is 0 Å². The van der Waals surface area contributed by atoms with E-state index in [1.54, 1.807) is 0 Å². The Hall–Kier alpha value is -0.240. The van der Waals surface area contributed by atoms with Gasteiger partial charge in [-0.2, -0.15) is 0 Å². The molecule has 0 radical (unpaired) electrons. The zero-order valence-electron chi connectivity index (χ0n) is 12.3. The summed E-state index contributed by atoms with van der Waals surface area (Å²) in [4.78, 5) is 0. The second-order valence-corrected chi connectivity index (χ2v) is 7.25. The first-order chi connectivity index (χ1) is 9.47. The third-order valence-corrected chi connectivity index (χ3v) is 5.47. The van der Waals surface area contributed by atoms with E-state index in [1.807, 2.05) is 18.2 Å². The molecule has 112 valence electrons. The van der Waals surface area contributed by atoms with Gasteiger partial charge < -0.3 is 5.11 Å². The Morgan fingerprint density at radius 1 is 1.05 bits per heavy atom. The monoisotopic (exact) mass is 314 g/mol. The molecule has 1 unspecified atom stereocenters. The molecule has 0 spiro atoms. The van der Waals surface area contributed by atoms with E-state index < -0.39 is 0 Å². The van der Waals surface area contributed by atoms with Crippen LogP contribution in [-0.2, 0) is 6.42 Å². The van der Waals surface area contributed by atoms with Gasteiger partial charge >= 0.3 is 0 Å². The van der Waals surface area contributed by atoms with Crippen molar-refractivity contribution < 1.29 is 5.11 Å². The maximum atomic E-state index is 10.4. The number of rotatable bonds is 4. The van der Waals surface area contributed by atoms with Crippen molar-refractivity contribution >= 4 is 23.2 Å². The van der Waals surface area contributed by atoms with Gasteiger partial charge in [-0.1, -0.05) is 43.1 Å². The van der Waals surface area contributed by atoms with Crippen LogP contribution in [0.4, 0.5) is 0 Å². The van der Waals surface area contributed by atoms with Crippen molar-refractivity contribution in [2.24, 2.45) is 17.8 Å². The first-order valence-corrected chi connectivity index (χ1v) is 8.35. The summed E-state index contributed by atoms with van der Waals surface area (Å²) in [6.07, 6.45) is 5.20. The van der Waals surface area contributed by atoms with E-state index >= 15 is 0 Å². The minimum absolute atomic E-state index is 0.264. The Bertz CT molecular complexity index is 437. The van der Waals surface area contributed by atoms with Gasteiger partial charge in [0.05, 0.1) is 16.1 Å². The highest BCUT2D eigenvalue weighted by atomic mass is 35.5. The lowest BCUT2D eigenvalue weighted by molar-refractivity contribution is 0.0675. The average molecular weight is 315 g/mol. The Morgan fingerprint density at radius 2 is 1.65 bits per heavy atom. The zero-order valence-corrected chi connectivity index (χ0v) is 13.8.